The van der Waals surface area contributed by atoms with Gasteiger partial charge in [0.15, 0.2) is 0 Å². The molecule has 0 aliphatic rings. The van der Waals surface area contributed by atoms with Crippen molar-refractivity contribution >= 4 is 31.9 Å². The summed E-state index contributed by atoms with van der Waals surface area (Å²) in [6.45, 7) is 2.32. The number of hydrogen-bond acceptors (Lipinski definition) is 1. The van der Waals surface area contributed by atoms with Crippen LogP contribution >= 0.6 is 31.9 Å². The quantitative estimate of drug-likeness (QED) is 0.725. The molecule has 0 aliphatic heterocycles. The van der Waals surface area contributed by atoms with E-state index in [0.717, 1.165) is 14.5 Å². The van der Waals surface area contributed by atoms with E-state index in [1.807, 2.05) is 6.92 Å². The van der Waals surface area contributed by atoms with E-state index >= 15 is 0 Å². The van der Waals surface area contributed by atoms with Crippen molar-refractivity contribution in [3.05, 3.63) is 68.1 Å². The lowest BCUT2D eigenvalue weighted by Gasteiger charge is -2.16. The standard InChI is InChI=1S/C15H13Br2F2N/c1-9(13-7-11(16)2-5-15(13)19)20-8-10-6-12(18)3-4-14(10)17/h2-7,9,20H,8H2,1H3. The molecule has 20 heavy (non-hydrogen) atoms. The molecule has 2 aromatic rings. The summed E-state index contributed by atoms with van der Waals surface area (Å²) in [6, 6.07) is 9.17. The lowest BCUT2D eigenvalue weighted by Crippen LogP contribution is -2.19. The Labute approximate surface area is 133 Å². The first-order valence-electron chi connectivity index (χ1n) is 6.09. The summed E-state index contributed by atoms with van der Waals surface area (Å²) in [5, 5.41) is 3.19. The van der Waals surface area contributed by atoms with Gasteiger partial charge in [-0.1, -0.05) is 31.9 Å². The Morgan fingerprint density at radius 3 is 2.60 bits per heavy atom. The van der Waals surface area contributed by atoms with E-state index in [-0.39, 0.29) is 17.7 Å². The van der Waals surface area contributed by atoms with Gasteiger partial charge < -0.3 is 5.32 Å². The number of hydrogen-bond donors (Lipinski definition) is 1. The Morgan fingerprint density at radius 1 is 1.10 bits per heavy atom. The molecule has 2 rings (SSSR count). The molecule has 0 fully saturated rings. The molecule has 0 bridgehead atoms. The van der Waals surface area contributed by atoms with E-state index in [0.29, 0.717) is 12.1 Å². The monoisotopic (exact) mass is 403 g/mol. The Bertz CT molecular complexity index is 617. The molecule has 0 aliphatic carbocycles. The molecule has 0 heterocycles. The van der Waals surface area contributed by atoms with Crippen LogP contribution in [0.15, 0.2) is 45.3 Å². The average molecular weight is 405 g/mol. The molecule has 106 valence electrons. The van der Waals surface area contributed by atoms with E-state index in [1.54, 1.807) is 18.2 Å². The van der Waals surface area contributed by atoms with Gasteiger partial charge in [-0.25, -0.2) is 8.78 Å². The summed E-state index contributed by atoms with van der Waals surface area (Å²) in [6.07, 6.45) is 0. The van der Waals surface area contributed by atoms with Gasteiger partial charge in [0.05, 0.1) is 0 Å². The maximum atomic E-state index is 13.8. The topological polar surface area (TPSA) is 12.0 Å². The Hall–Kier alpha value is -0.780. The highest BCUT2D eigenvalue weighted by Gasteiger charge is 2.12. The molecule has 0 saturated heterocycles. The fourth-order valence-corrected chi connectivity index (χ4v) is 2.66. The van der Waals surface area contributed by atoms with Crippen molar-refractivity contribution in [1.82, 2.24) is 5.32 Å². The molecule has 0 radical (unpaired) electrons. The van der Waals surface area contributed by atoms with E-state index in [4.69, 9.17) is 0 Å². The maximum Gasteiger partial charge on any atom is 0.128 e. The van der Waals surface area contributed by atoms with E-state index in [1.165, 1.54) is 18.2 Å². The summed E-state index contributed by atoms with van der Waals surface area (Å²) in [5.74, 6) is -0.544. The molecule has 0 spiro atoms. The Morgan fingerprint density at radius 2 is 1.85 bits per heavy atom. The van der Waals surface area contributed by atoms with Gasteiger partial charge in [0.25, 0.3) is 0 Å². The predicted octanol–water partition coefficient (Wildman–Crippen LogP) is 5.34. The van der Waals surface area contributed by atoms with Gasteiger partial charge in [-0.15, -0.1) is 0 Å². The Balaban J connectivity index is 2.10. The minimum Gasteiger partial charge on any atom is -0.306 e. The molecule has 1 nitrogen and oxygen atoms in total. The van der Waals surface area contributed by atoms with Crippen LogP contribution in [0.3, 0.4) is 0 Å². The van der Waals surface area contributed by atoms with Crippen molar-refractivity contribution < 1.29 is 8.78 Å². The molecule has 1 unspecified atom stereocenters. The van der Waals surface area contributed by atoms with Crippen molar-refractivity contribution in [2.45, 2.75) is 19.5 Å². The lowest BCUT2D eigenvalue weighted by molar-refractivity contribution is 0.525. The van der Waals surface area contributed by atoms with E-state index in [9.17, 15) is 8.78 Å². The van der Waals surface area contributed by atoms with Gasteiger partial charge in [-0.2, -0.15) is 0 Å². The van der Waals surface area contributed by atoms with Crippen LogP contribution in [0.2, 0.25) is 0 Å². The largest absolute Gasteiger partial charge is 0.306 e. The molecule has 1 atom stereocenters. The molecular formula is C15H13Br2F2N. The molecule has 0 saturated carbocycles. The summed E-state index contributed by atoms with van der Waals surface area (Å²) < 4.78 is 28.6. The number of benzene rings is 2. The zero-order chi connectivity index (χ0) is 14.7. The van der Waals surface area contributed by atoms with Crippen LogP contribution in [0.1, 0.15) is 24.1 Å². The summed E-state index contributed by atoms with van der Waals surface area (Å²) in [4.78, 5) is 0. The fraction of sp³-hybridized carbons (Fsp3) is 0.200. The van der Waals surface area contributed by atoms with Crippen LogP contribution in [0.5, 0.6) is 0 Å². The number of halogens is 4. The first kappa shape index (κ1) is 15.6. The summed E-state index contributed by atoms with van der Waals surface area (Å²) in [7, 11) is 0. The summed E-state index contributed by atoms with van der Waals surface area (Å²) >= 11 is 6.70. The van der Waals surface area contributed by atoms with Crippen LogP contribution < -0.4 is 5.32 Å². The van der Waals surface area contributed by atoms with Gasteiger partial charge in [0.2, 0.25) is 0 Å². The molecule has 5 heteroatoms. The van der Waals surface area contributed by atoms with Crippen molar-refractivity contribution in [2.24, 2.45) is 0 Å². The highest BCUT2D eigenvalue weighted by Crippen LogP contribution is 2.23. The number of rotatable bonds is 4. The van der Waals surface area contributed by atoms with Gasteiger partial charge in [0.1, 0.15) is 11.6 Å². The summed E-state index contributed by atoms with van der Waals surface area (Å²) in [5.41, 5.74) is 1.37. The highest BCUT2D eigenvalue weighted by molar-refractivity contribution is 9.10. The minimum atomic E-state index is -0.286. The zero-order valence-electron chi connectivity index (χ0n) is 10.8. The highest BCUT2D eigenvalue weighted by atomic mass is 79.9. The van der Waals surface area contributed by atoms with Crippen molar-refractivity contribution in [1.29, 1.82) is 0 Å². The first-order valence-corrected chi connectivity index (χ1v) is 7.68. The molecule has 2 aromatic carbocycles. The van der Waals surface area contributed by atoms with Crippen molar-refractivity contribution in [3.8, 4) is 0 Å². The molecular weight excluding hydrogens is 392 g/mol. The normalized spacial score (nSPS) is 12.4. The van der Waals surface area contributed by atoms with Crippen LogP contribution in [0.25, 0.3) is 0 Å². The number of nitrogens with one attached hydrogen (secondary N) is 1. The molecule has 0 amide bonds. The van der Waals surface area contributed by atoms with Crippen molar-refractivity contribution in [3.63, 3.8) is 0 Å². The van der Waals surface area contributed by atoms with Gasteiger partial charge in [-0.3, -0.25) is 0 Å². The third-order valence-corrected chi connectivity index (χ3v) is 4.30. The zero-order valence-corrected chi connectivity index (χ0v) is 13.9. The van der Waals surface area contributed by atoms with Gasteiger partial charge in [-0.05, 0) is 48.9 Å². The smallest absolute Gasteiger partial charge is 0.128 e. The predicted molar refractivity (Wildman–Crippen MR) is 83.5 cm³/mol. The third-order valence-electron chi connectivity index (χ3n) is 3.03. The second-order valence-electron chi connectivity index (χ2n) is 4.50. The minimum absolute atomic E-state index is 0.178. The molecule has 1 N–H and O–H groups in total. The van der Waals surface area contributed by atoms with Crippen LogP contribution in [-0.2, 0) is 6.54 Å². The van der Waals surface area contributed by atoms with Crippen LogP contribution in [0.4, 0.5) is 8.78 Å². The lowest BCUT2D eigenvalue weighted by atomic mass is 10.1. The fourth-order valence-electron chi connectivity index (χ4n) is 1.90. The Kier molecular flexibility index (Phi) is 5.29. The average Bonchev–Trinajstić information content (AvgIpc) is 2.42. The van der Waals surface area contributed by atoms with E-state index in [2.05, 4.69) is 37.2 Å². The maximum absolute atomic E-state index is 13.8. The SMILES string of the molecule is CC(NCc1cc(F)ccc1Br)c1cc(Br)ccc1F. The van der Waals surface area contributed by atoms with Crippen LogP contribution in [0, 0.1) is 11.6 Å². The second-order valence-corrected chi connectivity index (χ2v) is 6.27. The van der Waals surface area contributed by atoms with Crippen molar-refractivity contribution in [2.75, 3.05) is 0 Å². The van der Waals surface area contributed by atoms with E-state index < -0.39 is 0 Å². The second kappa shape index (κ2) is 6.78. The van der Waals surface area contributed by atoms with Crippen LogP contribution in [-0.4, -0.2) is 0 Å². The molecule has 0 aromatic heterocycles. The first-order chi connectivity index (χ1) is 9.47. The van der Waals surface area contributed by atoms with Gasteiger partial charge >= 0.3 is 0 Å². The van der Waals surface area contributed by atoms with Gasteiger partial charge in [0, 0.05) is 27.1 Å². The third kappa shape index (κ3) is 3.87.